The topological polar surface area (TPSA) is 46.5 Å². The van der Waals surface area contributed by atoms with Gasteiger partial charge in [-0.1, -0.05) is 19.8 Å². The Balaban J connectivity index is 2.22. The van der Waals surface area contributed by atoms with Gasteiger partial charge in [0.05, 0.1) is 11.5 Å². The average Bonchev–Trinajstić information content (AvgIpc) is 2.17. The van der Waals surface area contributed by atoms with Gasteiger partial charge in [0.2, 0.25) is 0 Å². The maximum absolute atomic E-state index is 10.9. The Morgan fingerprint density at radius 2 is 2.12 bits per heavy atom. The largest absolute Gasteiger partial charge is 0.481 e. The van der Waals surface area contributed by atoms with E-state index in [1.165, 1.54) is 12.8 Å². The number of hydrogen-bond donors (Lipinski definition) is 1. The Bertz CT molecular complexity index is 235. The van der Waals surface area contributed by atoms with Crippen molar-refractivity contribution >= 4 is 5.97 Å². The predicted molar refractivity (Wildman–Crippen MR) is 63.4 cm³/mol. The Kier molecular flexibility index (Phi) is 4.78. The number of carboxylic acid groups (broad SMARTS) is 1. The molecular weight excluding hydrogens is 204 g/mol. The van der Waals surface area contributed by atoms with Crippen LogP contribution in [0.1, 0.15) is 52.9 Å². The second-order valence-electron chi connectivity index (χ2n) is 5.70. The molecule has 0 aliphatic heterocycles. The molecule has 2 unspecified atom stereocenters. The summed E-state index contributed by atoms with van der Waals surface area (Å²) < 4.78 is 5.78. The molecular formula is C13H24O3. The molecule has 94 valence electrons. The molecule has 0 aromatic rings. The molecule has 0 heterocycles. The summed E-state index contributed by atoms with van der Waals surface area (Å²) in [7, 11) is 0. The summed E-state index contributed by atoms with van der Waals surface area (Å²) in [6.07, 6.45) is 5.76. The van der Waals surface area contributed by atoms with Gasteiger partial charge in [0.15, 0.2) is 0 Å². The number of ether oxygens (including phenoxy) is 1. The Morgan fingerprint density at radius 1 is 1.44 bits per heavy atom. The van der Waals surface area contributed by atoms with E-state index in [2.05, 4.69) is 6.92 Å². The van der Waals surface area contributed by atoms with E-state index >= 15 is 0 Å². The van der Waals surface area contributed by atoms with Gasteiger partial charge in [0.1, 0.15) is 0 Å². The van der Waals surface area contributed by atoms with E-state index in [-0.39, 0.29) is 0 Å². The van der Waals surface area contributed by atoms with Gasteiger partial charge in [-0.25, -0.2) is 0 Å². The molecule has 2 atom stereocenters. The highest BCUT2D eigenvalue weighted by Gasteiger charge is 2.27. The van der Waals surface area contributed by atoms with Crippen molar-refractivity contribution < 1.29 is 14.6 Å². The quantitative estimate of drug-likeness (QED) is 0.786. The standard InChI is InChI=1S/C13H24O3/c1-10-5-4-6-11(9-10)16-8-7-13(2,3)12(14)15/h10-11H,4-9H2,1-3H3,(H,14,15). The van der Waals surface area contributed by atoms with Crippen molar-refractivity contribution in [1.82, 2.24) is 0 Å². The van der Waals surface area contributed by atoms with Crippen LogP contribution in [-0.2, 0) is 9.53 Å². The summed E-state index contributed by atoms with van der Waals surface area (Å²) in [5.41, 5.74) is -0.666. The molecule has 0 saturated heterocycles. The van der Waals surface area contributed by atoms with Crippen LogP contribution in [0.3, 0.4) is 0 Å². The summed E-state index contributed by atoms with van der Waals surface area (Å²) in [6, 6.07) is 0. The average molecular weight is 228 g/mol. The fraction of sp³-hybridized carbons (Fsp3) is 0.923. The molecule has 1 fully saturated rings. The van der Waals surface area contributed by atoms with Crippen LogP contribution in [0.15, 0.2) is 0 Å². The van der Waals surface area contributed by atoms with Crippen molar-refractivity contribution in [3.05, 3.63) is 0 Å². The molecule has 1 rings (SSSR count). The van der Waals surface area contributed by atoms with E-state index in [9.17, 15) is 4.79 Å². The van der Waals surface area contributed by atoms with Crippen molar-refractivity contribution in [2.24, 2.45) is 11.3 Å². The number of rotatable bonds is 5. The molecule has 1 aliphatic carbocycles. The molecule has 3 heteroatoms. The van der Waals surface area contributed by atoms with Gasteiger partial charge in [-0.05, 0) is 39.0 Å². The van der Waals surface area contributed by atoms with E-state index in [4.69, 9.17) is 9.84 Å². The first-order valence-corrected chi connectivity index (χ1v) is 6.27. The lowest BCUT2D eigenvalue weighted by atomic mass is 9.88. The van der Waals surface area contributed by atoms with Crippen LogP contribution in [0, 0.1) is 11.3 Å². The Labute approximate surface area is 98.2 Å². The molecule has 0 amide bonds. The lowest BCUT2D eigenvalue weighted by molar-refractivity contribution is -0.148. The van der Waals surface area contributed by atoms with Gasteiger partial charge in [-0.15, -0.1) is 0 Å². The van der Waals surface area contributed by atoms with E-state index in [0.717, 1.165) is 18.8 Å². The Morgan fingerprint density at radius 3 is 2.69 bits per heavy atom. The Hall–Kier alpha value is -0.570. The molecule has 16 heavy (non-hydrogen) atoms. The molecule has 1 saturated carbocycles. The fourth-order valence-corrected chi connectivity index (χ4v) is 2.12. The van der Waals surface area contributed by atoms with Gasteiger partial charge in [-0.3, -0.25) is 4.79 Å². The minimum atomic E-state index is -0.742. The summed E-state index contributed by atoms with van der Waals surface area (Å²) >= 11 is 0. The first kappa shape index (κ1) is 13.5. The summed E-state index contributed by atoms with van der Waals surface area (Å²) in [5.74, 6) is 0.0133. The summed E-state index contributed by atoms with van der Waals surface area (Å²) in [6.45, 7) is 6.33. The van der Waals surface area contributed by atoms with E-state index in [1.54, 1.807) is 13.8 Å². The van der Waals surface area contributed by atoms with Crippen LogP contribution in [0.5, 0.6) is 0 Å². The normalized spacial score (nSPS) is 26.7. The number of carbonyl (C=O) groups is 1. The van der Waals surface area contributed by atoms with Crippen LogP contribution in [-0.4, -0.2) is 23.8 Å². The zero-order valence-electron chi connectivity index (χ0n) is 10.7. The SMILES string of the molecule is CC1CCCC(OCCC(C)(C)C(=O)O)C1. The molecule has 1 N–H and O–H groups in total. The van der Waals surface area contributed by atoms with Crippen LogP contribution in [0.25, 0.3) is 0 Å². The molecule has 0 aromatic carbocycles. The first-order valence-electron chi connectivity index (χ1n) is 6.27. The van der Waals surface area contributed by atoms with Gasteiger partial charge >= 0.3 is 5.97 Å². The summed E-state index contributed by atoms with van der Waals surface area (Å²) in [5, 5.41) is 8.96. The van der Waals surface area contributed by atoms with Crippen molar-refractivity contribution in [2.75, 3.05) is 6.61 Å². The van der Waals surface area contributed by atoms with Crippen LogP contribution < -0.4 is 0 Å². The molecule has 1 aliphatic rings. The maximum atomic E-state index is 10.9. The molecule has 3 nitrogen and oxygen atoms in total. The fourth-order valence-electron chi connectivity index (χ4n) is 2.12. The van der Waals surface area contributed by atoms with Crippen LogP contribution in [0.4, 0.5) is 0 Å². The van der Waals surface area contributed by atoms with Crippen molar-refractivity contribution in [2.45, 2.75) is 59.0 Å². The monoisotopic (exact) mass is 228 g/mol. The zero-order valence-corrected chi connectivity index (χ0v) is 10.7. The van der Waals surface area contributed by atoms with Crippen molar-refractivity contribution in [1.29, 1.82) is 0 Å². The second kappa shape index (κ2) is 5.67. The van der Waals surface area contributed by atoms with Gasteiger partial charge in [0.25, 0.3) is 0 Å². The first-order chi connectivity index (χ1) is 7.42. The van der Waals surface area contributed by atoms with Crippen LogP contribution >= 0.6 is 0 Å². The van der Waals surface area contributed by atoms with E-state index < -0.39 is 11.4 Å². The highest BCUT2D eigenvalue weighted by molar-refractivity contribution is 5.73. The van der Waals surface area contributed by atoms with Gasteiger partial charge in [-0.2, -0.15) is 0 Å². The van der Waals surface area contributed by atoms with E-state index in [0.29, 0.717) is 19.1 Å². The minimum absolute atomic E-state index is 0.355. The lowest BCUT2D eigenvalue weighted by Gasteiger charge is -2.28. The lowest BCUT2D eigenvalue weighted by Crippen LogP contribution is -2.28. The molecule has 0 radical (unpaired) electrons. The maximum Gasteiger partial charge on any atom is 0.309 e. The third kappa shape index (κ3) is 4.12. The number of hydrogen-bond acceptors (Lipinski definition) is 2. The molecule has 0 aromatic heterocycles. The van der Waals surface area contributed by atoms with Crippen molar-refractivity contribution in [3.63, 3.8) is 0 Å². The van der Waals surface area contributed by atoms with Gasteiger partial charge in [0, 0.05) is 6.61 Å². The molecule has 0 bridgehead atoms. The zero-order chi connectivity index (χ0) is 12.2. The van der Waals surface area contributed by atoms with Crippen molar-refractivity contribution in [3.8, 4) is 0 Å². The van der Waals surface area contributed by atoms with Gasteiger partial charge < -0.3 is 9.84 Å². The third-order valence-corrected chi connectivity index (χ3v) is 3.55. The number of aliphatic carboxylic acids is 1. The number of carboxylic acids is 1. The molecule has 0 spiro atoms. The smallest absolute Gasteiger partial charge is 0.309 e. The van der Waals surface area contributed by atoms with Crippen LogP contribution in [0.2, 0.25) is 0 Å². The highest BCUT2D eigenvalue weighted by Crippen LogP contribution is 2.27. The highest BCUT2D eigenvalue weighted by atomic mass is 16.5. The second-order valence-corrected chi connectivity index (χ2v) is 5.70. The third-order valence-electron chi connectivity index (χ3n) is 3.55. The predicted octanol–water partition coefficient (Wildman–Crippen LogP) is 3.08. The minimum Gasteiger partial charge on any atom is -0.481 e. The van der Waals surface area contributed by atoms with E-state index in [1.807, 2.05) is 0 Å². The summed E-state index contributed by atoms with van der Waals surface area (Å²) in [4.78, 5) is 10.9.